The van der Waals surface area contributed by atoms with E-state index in [1.165, 1.54) is 34.7 Å². The number of halogens is 1. The number of hydrogen-bond donors (Lipinski definition) is 2. The Bertz CT molecular complexity index is 1380. The maximum absolute atomic E-state index is 13.4. The number of piperidine rings is 2. The standard InChI is InChI=1S/C34H44FN5O5/c1-38-23-31(42)37-34(12-16-40(17-13-34)33(44)25-6-8-28(35)9-7-25)20-30(41)36-14-10-27-22-39(15-11-26(27)19-32(38)43)21-24-4-3-5-29(18-24)45-2/h3-9,18,26-27H,10-17,19-23H2,1-2H3,(H,36,41)(H,37,42)/t26-,27-/m0/s1. The SMILES string of the molecule is COc1cccc(CN2CC[C@H]3CC(=O)N(C)CC(=O)NC4(CCN(C(=O)c5ccc(F)cc5)CC4)CC(=O)NCC[C@H]3C2)c1. The van der Waals surface area contributed by atoms with Crippen molar-refractivity contribution in [2.45, 2.75) is 50.6 Å². The number of carbonyl (C=O) groups excluding carboxylic acids is 4. The van der Waals surface area contributed by atoms with Crippen LogP contribution in [0.2, 0.25) is 0 Å². The molecular formula is C34H44FN5O5. The predicted octanol–water partition coefficient (Wildman–Crippen LogP) is 2.82. The van der Waals surface area contributed by atoms with E-state index in [-0.39, 0.29) is 48.4 Å². The Hall–Kier alpha value is -3.99. The second kappa shape index (κ2) is 14.4. The molecule has 0 aliphatic carbocycles. The van der Waals surface area contributed by atoms with Crippen molar-refractivity contribution in [3.05, 3.63) is 65.5 Å². The summed E-state index contributed by atoms with van der Waals surface area (Å²) < 4.78 is 18.7. The van der Waals surface area contributed by atoms with Gasteiger partial charge in [-0.25, -0.2) is 4.39 Å². The Morgan fingerprint density at radius 1 is 1.00 bits per heavy atom. The summed E-state index contributed by atoms with van der Waals surface area (Å²) in [6.45, 7) is 3.53. The Balaban J connectivity index is 1.25. The van der Waals surface area contributed by atoms with Gasteiger partial charge in [-0.3, -0.25) is 24.1 Å². The maximum Gasteiger partial charge on any atom is 0.253 e. The van der Waals surface area contributed by atoms with E-state index in [1.54, 1.807) is 19.1 Å². The number of nitrogens with one attached hydrogen (secondary N) is 2. The van der Waals surface area contributed by atoms with Crippen LogP contribution in [0.1, 0.15) is 54.4 Å². The van der Waals surface area contributed by atoms with Crippen molar-refractivity contribution in [3.8, 4) is 5.75 Å². The van der Waals surface area contributed by atoms with Gasteiger partial charge in [-0.2, -0.15) is 0 Å². The van der Waals surface area contributed by atoms with E-state index in [9.17, 15) is 23.6 Å². The van der Waals surface area contributed by atoms with E-state index in [0.29, 0.717) is 44.5 Å². The quantitative estimate of drug-likeness (QED) is 0.544. The summed E-state index contributed by atoms with van der Waals surface area (Å²) >= 11 is 0. The van der Waals surface area contributed by atoms with E-state index in [2.05, 4.69) is 21.6 Å². The van der Waals surface area contributed by atoms with E-state index < -0.39 is 11.4 Å². The molecule has 10 nitrogen and oxygen atoms in total. The van der Waals surface area contributed by atoms with Crippen LogP contribution in [0.25, 0.3) is 0 Å². The second-order valence-electron chi connectivity index (χ2n) is 12.8. The summed E-state index contributed by atoms with van der Waals surface area (Å²) in [6, 6.07) is 13.5. The van der Waals surface area contributed by atoms with Gasteiger partial charge in [0.15, 0.2) is 0 Å². The molecule has 3 fully saturated rings. The number of rotatable bonds is 4. The zero-order valence-corrected chi connectivity index (χ0v) is 26.2. The van der Waals surface area contributed by atoms with E-state index >= 15 is 0 Å². The first kappa shape index (κ1) is 32.4. The summed E-state index contributed by atoms with van der Waals surface area (Å²) in [5.74, 6) is 0.0569. The Kier molecular flexibility index (Phi) is 10.4. The molecule has 2 atom stereocenters. The Labute approximate surface area is 264 Å². The van der Waals surface area contributed by atoms with Gasteiger partial charge in [0.1, 0.15) is 11.6 Å². The van der Waals surface area contributed by atoms with Crippen LogP contribution in [0.4, 0.5) is 4.39 Å². The van der Waals surface area contributed by atoms with E-state index in [1.807, 2.05) is 18.2 Å². The van der Waals surface area contributed by atoms with Gasteiger partial charge in [-0.05, 0) is 86.0 Å². The zero-order chi connectivity index (χ0) is 32.0. The average molecular weight is 622 g/mol. The van der Waals surface area contributed by atoms with Gasteiger partial charge in [0.05, 0.1) is 19.2 Å². The molecule has 0 radical (unpaired) electrons. The minimum atomic E-state index is -0.838. The number of benzene rings is 2. The van der Waals surface area contributed by atoms with Crippen molar-refractivity contribution < 1.29 is 28.3 Å². The van der Waals surface area contributed by atoms with Crippen molar-refractivity contribution in [2.75, 3.05) is 53.4 Å². The highest BCUT2D eigenvalue weighted by atomic mass is 19.1. The fourth-order valence-electron chi connectivity index (χ4n) is 6.97. The smallest absolute Gasteiger partial charge is 0.253 e. The van der Waals surface area contributed by atoms with Crippen LogP contribution >= 0.6 is 0 Å². The lowest BCUT2D eigenvalue weighted by Gasteiger charge is -2.43. The molecule has 11 heteroatoms. The third-order valence-electron chi connectivity index (χ3n) is 9.60. The van der Waals surface area contributed by atoms with Gasteiger partial charge in [0.25, 0.3) is 5.91 Å². The molecule has 2 N–H and O–H groups in total. The van der Waals surface area contributed by atoms with Crippen molar-refractivity contribution in [1.29, 1.82) is 0 Å². The van der Waals surface area contributed by atoms with Crippen LogP contribution in [0.15, 0.2) is 48.5 Å². The largest absolute Gasteiger partial charge is 0.497 e. The highest BCUT2D eigenvalue weighted by Crippen LogP contribution is 2.32. The van der Waals surface area contributed by atoms with Gasteiger partial charge < -0.3 is 25.2 Å². The maximum atomic E-state index is 13.4. The van der Waals surface area contributed by atoms with E-state index in [0.717, 1.165) is 38.2 Å². The first-order valence-corrected chi connectivity index (χ1v) is 15.8. The molecule has 3 heterocycles. The molecule has 0 aromatic heterocycles. The lowest BCUT2D eigenvalue weighted by atomic mass is 9.80. The van der Waals surface area contributed by atoms with Crippen LogP contribution in [-0.4, -0.2) is 97.3 Å². The molecular weight excluding hydrogens is 577 g/mol. The van der Waals surface area contributed by atoms with Crippen LogP contribution in [-0.2, 0) is 20.9 Å². The third-order valence-corrected chi connectivity index (χ3v) is 9.60. The molecule has 0 unspecified atom stereocenters. The molecule has 45 heavy (non-hydrogen) atoms. The number of carbonyl (C=O) groups is 4. The van der Waals surface area contributed by atoms with Crippen molar-refractivity contribution in [2.24, 2.45) is 11.8 Å². The van der Waals surface area contributed by atoms with Crippen LogP contribution in [0.3, 0.4) is 0 Å². The highest BCUT2D eigenvalue weighted by Gasteiger charge is 2.40. The molecule has 242 valence electrons. The number of amides is 4. The van der Waals surface area contributed by atoms with Crippen molar-refractivity contribution in [1.82, 2.24) is 25.3 Å². The van der Waals surface area contributed by atoms with Crippen molar-refractivity contribution >= 4 is 23.6 Å². The molecule has 4 amide bonds. The lowest BCUT2D eigenvalue weighted by Crippen LogP contribution is -2.59. The van der Waals surface area contributed by atoms with E-state index in [4.69, 9.17) is 4.74 Å². The summed E-state index contributed by atoms with van der Waals surface area (Å²) in [6.07, 6.45) is 2.85. The van der Waals surface area contributed by atoms with Crippen molar-refractivity contribution in [3.63, 3.8) is 0 Å². The lowest BCUT2D eigenvalue weighted by molar-refractivity contribution is -0.137. The Morgan fingerprint density at radius 3 is 2.49 bits per heavy atom. The fraction of sp³-hybridized carbons (Fsp3) is 0.529. The zero-order valence-electron chi connectivity index (χ0n) is 26.2. The molecule has 3 aliphatic rings. The molecule has 2 aromatic carbocycles. The molecule has 3 saturated heterocycles. The summed E-state index contributed by atoms with van der Waals surface area (Å²) in [5, 5.41) is 6.15. The number of ether oxygens (including phenoxy) is 1. The minimum absolute atomic E-state index is 0.0590. The minimum Gasteiger partial charge on any atom is -0.497 e. The number of likely N-dealkylation sites (tertiary alicyclic amines) is 2. The molecule has 2 aromatic rings. The van der Waals surface area contributed by atoms with Crippen LogP contribution in [0, 0.1) is 17.7 Å². The average Bonchev–Trinajstić information content (AvgIpc) is 3.02. The number of nitrogens with zero attached hydrogens (tertiary/aromatic N) is 3. The molecule has 3 aliphatic heterocycles. The third kappa shape index (κ3) is 8.39. The molecule has 0 bridgehead atoms. The predicted molar refractivity (Wildman–Crippen MR) is 167 cm³/mol. The molecule has 5 rings (SSSR count). The number of hydrogen-bond acceptors (Lipinski definition) is 6. The first-order chi connectivity index (χ1) is 21.6. The molecule has 0 saturated carbocycles. The van der Waals surface area contributed by atoms with Gasteiger partial charge in [0.2, 0.25) is 17.7 Å². The van der Waals surface area contributed by atoms with Gasteiger partial charge >= 0.3 is 0 Å². The summed E-state index contributed by atoms with van der Waals surface area (Å²) in [4.78, 5) is 58.4. The van der Waals surface area contributed by atoms with Gasteiger partial charge in [-0.15, -0.1) is 0 Å². The number of likely N-dealkylation sites (N-methyl/N-ethyl adjacent to an activating group) is 1. The van der Waals surface area contributed by atoms with Gasteiger partial charge in [0, 0.05) is 58.2 Å². The Morgan fingerprint density at radius 2 is 1.76 bits per heavy atom. The van der Waals surface area contributed by atoms with Crippen LogP contribution < -0.4 is 15.4 Å². The summed E-state index contributed by atoms with van der Waals surface area (Å²) in [5.41, 5.74) is 0.721. The molecule has 1 spiro atoms. The topological polar surface area (TPSA) is 111 Å². The number of fused-ring (bicyclic) bond motifs is 1. The first-order valence-electron chi connectivity index (χ1n) is 15.8. The van der Waals surface area contributed by atoms with Gasteiger partial charge in [-0.1, -0.05) is 12.1 Å². The summed E-state index contributed by atoms with van der Waals surface area (Å²) in [7, 11) is 3.32. The normalized spacial score (nSPS) is 23.5. The monoisotopic (exact) mass is 621 g/mol. The highest BCUT2D eigenvalue weighted by molar-refractivity contribution is 5.94. The second-order valence-corrected chi connectivity index (χ2v) is 12.8. The number of methoxy groups -OCH3 is 1. The fourth-order valence-corrected chi connectivity index (χ4v) is 6.97. The van der Waals surface area contributed by atoms with Crippen LogP contribution in [0.5, 0.6) is 5.75 Å².